The Hall–Kier alpha value is -1.84. The van der Waals surface area contributed by atoms with Crippen LogP contribution in [0.5, 0.6) is 0 Å². The van der Waals surface area contributed by atoms with Gasteiger partial charge in [-0.2, -0.15) is 0 Å². The lowest BCUT2D eigenvalue weighted by Crippen LogP contribution is -2.46. The Morgan fingerprint density at radius 3 is 2.58 bits per heavy atom. The number of hydrogen-bond donors (Lipinski definition) is 0. The van der Waals surface area contributed by atoms with Crippen molar-refractivity contribution in [2.75, 3.05) is 13.1 Å². The highest BCUT2D eigenvalue weighted by Crippen LogP contribution is 2.15. The zero-order valence-corrected chi connectivity index (χ0v) is 15.0. The first-order chi connectivity index (χ1) is 11.6. The summed E-state index contributed by atoms with van der Waals surface area (Å²) in [5.41, 5.74) is 1.13. The van der Waals surface area contributed by atoms with Crippen LogP contribution in [-0.4, -0.2) is 40.7 Å². The van der Waals surface area contributed by atoms with Gasteiger partial charge in [-0.15, -0.1) is 0 Å². The van der Waals surface area contributed by atoms with Crippen LogP contribution in [0.25, 0.3) is 0 Å². The number of rotatable bonds is 6. The minimum Gasteiger partial charge on any atom is -0.334 e. The predicted molar refractivity (Wildman–Crippen MR) is 96.4 cm³/mol. The fourth-order valence-electron chi connectivity index (χ4n) is 3.13. The van der Waals surface area contributed by atoms with Crippen molar-refractivity contribution < 1.29 is 9.59 Å². The number of amides is 2. The lowest BCUT2D eigenvalue weighted by atomic mass is 10.1. The molecule has 1 fully saturated rings. The molecule has 1 aromatic rings. The second-order valence-corrected chi connectivity index (χ2v) is 6.74. The molecule has 0 bridgehead atoms. The van der Waals surface area contributed by atoms with E-state index in [0.29, 0.717) is 19.5 Å². The molecular formula is C20H30N2O2. The van der Waals surface area contributed by atoms with Crippen molar-refractivity contribution >= 4 is 11.8 Å². The molecule has 0 radical (unpaired) electrons. The summed E-state index contributed by atoms with van der Waals surface area (Å²) < 4.78 is 0. The average molecular weight is 330 g/mol. The number of hydrogen-bond acceptors (Lipinski definition) is 2. The first kappa shape index (κ1) is 18.5. The fourth-order valence-corrected chi connectivity index (χ4v) is 3.13. The summed E-state index contributed by atoms with van der Waals surface area (Å²) in [5.74, 6) is 0.189. The normalized spacial score (nSPS) is 17.1. The molecule has 0 N–H and O–H groups in total. The van der Waals surface area contributed by atoms with Crippen molar-refractivity contribution in [2.45, 2.75) is 65.0 Å². The summed E-state index contributed by atoms with van der Waals surface area (Å²) in [7, 11) is 0. The predicted octanol–water partition coefficient (Wildman–Crippen LogP) is 3.61. The number of nitrogens with zero attached hydrogens (tertiary/aromatic N) is 2. The van der Waals surface area contributed by atoms with E-state index >= 15 is 0 Å². The molecule has 1 aliphatic rings. The van der Waals surface area contributed by atoms with Gasteiger partial charge in [0.2, 0.25) is 11.8 Å². The van der Waals surface area contributed by atoms with Crippen LogP contribution in [0.3, 0.4) is 0 Å². The maximum absolute atomic E-state index is 12.9. The quantitative estimate of drug-likeness (QED) is 0.799. The molecule has 1 atom stereocenters. The Morgan fingerprint density at radius 1 is 1.17 bits per heavy atom. The van der Waals surface area contributed by atoms with Crippen molar-refractivity contribution in [3.05, 3.63) is 35.9 Å². The van der Waals surface area contributed by atoms with Gasteiger partial charge in [0.25, 0.3) is 0 Å². The van der Waals surface area contributed by atoms with E-state index in [1.54, 1.807) is 4.90 Å². The zero-order valence-electron chi connectivity index (χ0n) is 15.0. The minimum absolute atomic E-state index is 0.0575. The average Bonchev–Trinajstić information content (AvgIpc) is 2.59. The molecule has 0 aliphatic carbocycles. The molecule has 4 nitrogen and oxygen atoms in total. The summed E-state index contributed by atoms with van der Waals surface area (Å²) >= 11 is 0. The highest BCUT2D eigenvalue weighted by molar-refractivity contribution is 5.85. The van der Waals surface area contributed by atoms with Crippen LogP contribution in [0.15, 0.2) is 30.3 Å². The van der Waals surface area contributed by atoms with E-state index in [1.807, 2.05) is 35.2 Å². The molecule has 24 heavy (non-hydrogen) atoms. The monoisotopic (exact) mass is 330 g/mol. The summed E-state index contributed by atoms with van der Waals surface area (Å²) in [5, 5.41) is 0. The fraction of sp³-hybridized carbons (Fsp3) is 0.600. The Labute approximate surface area is 145 Å². The number of likely N-dealkylation sites (tertiary alicyclic amines) is 1. The second-order valence-electron chi connectivity index (χ2n) is 6.74. The van der Waals surface area contributed by atoms with Crippen LogP contribution >= 0.6 is 0 Å². The van der Waals surface area contributed by atoms with Gasteiger partial charge >= 0.3 is 0 Å². The molecule has 1 aromatic carbocycles. The maximum atomic E-state index is 12.9. The lowest BCUT2D eigenvalue weighted by molar-refractivity contribution is -0.142. The zero-order chi connectivity index (χ0) is 17.4. The third kappa shape index (κ3) is 5.36. The van der Waals surface area contributed by atoms with Crippen LogP contribution in [0.2, 0.25) is 0 Å². The molecular weight excluding hydrogens is 300 g/mol. The summed E-state index contributed by atoms with van der Waals surface area (Å²) in [6.07, 6.45) is 5.71. The van der Waals surface area contributed by atoms with Gasteiger partial charge in [0.05, 0.1) is 6.54 Å². The first-order valence-electron chi connectivity index (χ1n) is 9.23. The largest absolute Gasteiger partial charge is 0.334 e. The maximum Gasteiger partial charge on any atom is 0.242 e. The van der Waals surface area contributed by atoms with Crippen LogP contribution in [0.1, 0.15) is 57.9 Å². The van der Waals surface area contributed by atoms with Gasteiger partial charge in [0, 0.05) is 25.6 Å². The summed E-state index contributed by atoms with van der Waals surface area (Å²) in [4.78, 5) is 28.9. The molecule has 0 saturated carbocycles. The third-order valence-electron chi connectivity index (χ3n) is 4.89. The van der Waals surface area contributed by atoms with Gasteiger partial charge in [-0.3, -0.25) is 9.59 Å². The number of carbonyl (C=O) groups is 2. The van der Waals surface area contributed by atoms with E-state index in [9.17, 15) is 9.59 Å². The van der Waals surface area contributed by atoms with Gasteiger partial charge in [-0.05, 0) is 31.7 Å². The van der Waals surface area contributed by atoms with Crippen LogP contribution < -0.4 is 0 Å². The van der Waals surface area contributed by atoms with E-state index < -0.39 is 0 Å². The Morgan fingerprint density at radius 2 is 1.88 bits per heavy atom. The Bertz CT molecular complexity index is 530. The molecule has 4 heteroatoms. The summed E-state index contributed by atoms with van der Waals surface area (Å²) in [6, 6.07) is 10.2. The van der Waals surface area contributed by atoms with E-state index in [1.165, 1.54) is 0 Å². The molecule has 1 aliphatic heterocycles. The Kier molecular flexibility index (Phi) is 7.29. The van der Waals surface area contributed by atoms with Gasteiger partial charge < -0.3 is 9.80 Å². The van der Waals surface area contributed by atoms with E-state index in [4.69, 9.17) is 0 Å². The lowest BCUT2D eigenvalue weighted by Gasteiger charge is -2.32. The third-order valence-corrected chi connectivity index (χ3v) is 4.89. The van der Waals surface area contributed by atoms with E-state index in [0.717, 1.165) is 37.7 Å². The second kappa shape index (κ2) is 9.45. The SMILES string of the molecule is CCC(C)N(Cc1ccccc1)C(=O)CN1CCCCCCC1=O. The molecule has 0 spiro atoms. The molecule has 132 valence electrons. The number of carbonyl (C=O) groups excluding carboxylic acids is 2. The highest BCUT2D eigenvalue weighted by Gasteiger charge is 2.24. The van der Waals surface area contributed by atoms with Crippen molar-refractivity contribution in [1.82, 2.24) is 9.80 Å². The minimum atomic E-state index is 0.0575. The van der Waals surface area contributed by atoms with Gasteiger partial charge in [0.15, 0.2) is 0 Å². The van der Waals surface area contributed by atoms with Gasteiger partial charge in [-0.1, -0.05) is 50.1 Å². The molecule has 2 rings (SSSR count). The van der Waals surface area contributed by atoms with E-state index in [-0.39, 0.29) is 24.4 Å². The molecule has 0 aromatic heterocycles. The van der Waals surface area contributed by atoms with Crippen LogP contribution in [-0.2, 0) is 16.1 Å². The van der Waals surface area contributed by atoms with Crippen molar-refractivity contribution in [3.63, 3.8) is 0 Å². The van der Waals surface area contributed by atoms with Crippen LogP contribution in [0, 0.1) is 0 Å². The molecule has 2 amide bonds. The summed E-state index contributed by atoms with van der Waals surface area (Å²) in [6.45, 7) is 5.71. The van der Waals surface area contributed by atoms with Crippen molar-refractivity contribution in [2.24, 2.45) is 0 Å². The molecule has 1 unspecified atom stereocenters. The van der Waals surface area contributed by atoms with Crippen molar-refractivity contribution in [1.29, 1.82) is 0 Å². The highest BCUT2D eigenvalue weighted by atomic mass is 16.2. The Balaban J connectivity index is 2.04. The van der Waals surface area contributed by atoms with Gasteiger partial charge in [0.1, 0.15) is 0 Å². The standard InChI is InChI=1S/C20H30N2O2/c1-3-17(2)22(15-18-11-7-6-8-12-18)20(24)16-21-14-10-5-4-9-13-19(21)23/h6-8,11-12,17H,3-5,9-10,13-16H2,1-2H3. The van der Waals surface area contributed by atoms with Gasteiger partial charge in [-0.25, -0.2) is 0 Å². The smallest absolute Gasteiger partial charge is 0.242 e. The molecule has 1 heterocycles. The topological polar surface area (TPSA) is 40.6 Å². The first-order valence-corrected chi connectivity index (χ1v) is 9.23. The number of benzene rings is 1. The van der Waals surface area contributed by atoms with Crippen molar-refractivity contribution in [3.8, 4) is 0 Å². The van der Waals surface area contributed by atoms with Crippen LogP contribution in [0.4, 0.5) is 0 Å². The molecule has 1 saturated heterocycles. The van der Waals surface area contributed by atoms with E-state index in [2.05, 4.69) is 13.8 Å².